The summed E-state index contributed by atoms with van der Waals surface area (Å²) < 4.78 is 27.4. The van der Waals surface area contributed by atoms with Crippen LogP contribution in [0, 0.1) is 10.8 Å². The summed E-state index contributed by atoms with van der Waals surface area (Å²) in [5.74, 6) is -0.405. The highest BCUT2D eigenvalue weighted by Crippen LogP contribution is 2.65. The zero-order chi connectivity index (χ0) is 17.4. The molecule has 3 rings (SSSR count). The minimum absolute atomic E-state index is 0.254. The number of hydrogen-bond donors (Lipinski definition) is 2. The number of fused-ring (bicyclic) bond motifs is 1. The fourth-order valence-corrected chi connectivity index (χ4v) is 4.47. The number of carbonyl (C=O) groups excluding carboxylic acids is 1. The average Bonchev–Trinajstić information content (AvgIpc) is 3.18. The van der Waals surface area contributed by atoms with Gasteiger partial charge in [-0.3, -0.25) is 8.98 Å². The second kappa shape index (κ2) is 4.53. The van der Waals surface area contributed by atoms with Crippen molar-refractivity contribution in [2.75, 3.05) is 12.9 Å². The van der Waals surface area contributed by atoms with Crippen molar-refractivity contribution in [3.8, 4) is 0 Å². The molecule has 1 saturated carbocycles. The lowest BCUT2D eigenvalue weighted by Gasteiger charge is -2.39. The summed E-state index contributed by atoms with van der Waals surface area (Å²) in [7, 11) is -3.66. The summed E-state index contributed by atoms with van der Waals surface area (Å²) >= 11 is 0. The van der Waals surface area contributed by atoms with Gasteiger partial charge in [-0.2, -0.15) is 8.42 Å². The Bertz CT molecular complexity index is 753. The molecule has 2 N–H and O–H groups in total. The minimum atomic E-state index is -3.66. The molecule has 0 aromatic carbocycles. The molecule has 3 aliphatic rings. The van der Waals surface area contributed by atoms with Gasteiger partial charge in [0.2, 0.25) is 0 Å². The van der Waals surface area contributed by atoms with Crippen LogP contribution in [0.3, 0.4) is 0 Å². The third-order valence-corrected chi connectivity index (χ3v) is 6.28. The quantitative estimate of drug-likeness (QED) is 0.732. The van der Waals surface area contributed by atoms with Gasteiger partial charge in [-0.25, -0.2) is 0 Å². The van der Waals surface area contributed by atoms with E-state index < -0.39 is 38.4 Å². The Kier molecular flexibility index (Phi) is 3.32. The molecule has 0 amide bonds. The Hall–Kier alpha value is -1.02. The topological polar surface area (TPSA) is 101 Å². The molecule has 3 atom stereocenters. The number of Topliss-reactive ketones (excluding diaryl/α,β-unsaturated/α-hetero) is 1. The van der Waals surface area contributed by atoms with Crippen molar-refractivity contribution in [2.45, 2.75) is 45.3 Å². The van der Waals surface area contributed by atoms with E-state index in [1.165, 1.54) is 6.92 Å². The Labute approximate surface area is 136 Å². The highest BCUT2D eigenvalue weighted by atomic mass is 32.2. The van der Waals surface area contributed by atoms with E-state index >= 15 is 0 Å². The van der Waals surface area contributed by atoms with Crippen LogP contribution in [-0.4, -0.2) is 49.0 Å². The molecule has 0 aliphatic heterocycles. The Balaban J connectivity index is 2.07. The van der Waals surface area contributed by atoms with Crippen LogP contribution >= 0.6 is 0 Å². The molecular weight excluding hydrogens is 320 g/mol. The summed E-state index contributed by atoms with van der Waals surface area (Å²) in [4.78, 5) is 12.7. The highest BCUT2D eigenvalue weighted by molar-refractivity contribution is 7.85. The molecule has 0 unspecified atom stereocenters. The van der Waals surface area contributed by atoms with Crippen LogP contribution in [0.4, 0.5) is 0 Å². The summed E-state index contributed by atoms with van der Waals surface area (Å²) in [5, 5.41) is 21.5. The molecule has 0 aromatic rings. The van der Waals surface area contributed by atoms with E-state index in [-0.39, 0.29) is 12.2 Å². The Morgan fingerprint density at radius 2 is 1.91 bits per heavy atom. The third kappa shape index (κ3) is 2.17. The zero-order valence-electron chi connectivity index (χ0n) is 13.7. The van der Waals surface area contributed by atoms with Gasteiger partial charge >= 0.3 is 0 Å². The van der Waals surface area contributed by atoms with Crippen LogP contribution in [0.25, 0.3) is 0 Å². The van der Waals surface area contributed by atoms with E-state index in [9.17, 15) is 23.4 Å². The molecule has 0 radical (unpaired) electrons. The highest BCUT2D eigenvalue weighted by Gasteiger charge is 2.66. The molecular formula is C16H22O6S. The summed E-state index contributed by atoms with van der Waals surface area (Å²) in [5.41, 5.74) is -1.48. The van der Waals surface area contributed by atoms with Gasteiger partial charge in [0.25, 0.3) is 10.1 Å². The fourth-order valence-electron chi connectivity index (χ4n) is 4.00. The first-order chi connectivity index (χ1) is 10.4. The number of aliphatic hydroxyl groups is 2. The average molecular weight is 342 g/mol. The molecule has 0 saturated heterocycles. The van der Waals surface area contributed by atoms with Gasteiger partial charge in [-0.05, 0) is 32.3 Å². The Morgan fingerprint density at radius 1 is 1.35 bits per heavy atom. The van der Waals surface area contributed by atoms with Gasteiger partial charge < -0.3 is 10.2 Å². The van der Waals surface area contributed by atoms with Gasteiger partial charge in [-0.15, -0.1) is 0 Å². The van der Waals surface area contributed by atoms with E-state index in [0.717, 1.165) is 11.8 Å². The summed E-state index contributed by atoms with van der Waals surface area (Å²) in [6.07, 6.45) is 2.87. The lowest BCUT2D eigenvalue weighted by atomic mass is 9.67. The number of carbonyl (C=O) groups is 1. The number of ketones is 1. The van der Waals surface area contributed by atoms with E-state index in [1.807, 2.05) is 6.92 Å². The van der Waals surface area contributed by atoms with Gasteiger partial charge in [0.15, 0.2) is 5.78 Å². The van der Waals surface area contributed by atoms with Crippen molar-refractivity contribution >= 4 is 15.9 Å². The molecule has 0 aromatic heterocycles. The van der Waals surface area contributed by atoms with Crippen molar-refractivity contribution < 1.29 is 27.6 Å². The van der Waals surface area contributed by atoms with E-state index in [2.05, 4.69) is 0 Å². The maximum Gasteiger partial charge on any atom is 0.264 e. The van der Waals surface area contributed by atoms with Crippen LogP contribution in [-0.2, 0) is 19.1 Å². The lowest BCUT2D eigenvalue weighted by molar-refractivity contribution is -0.138. The minimum Gasteiger partial charge on any atom is -0.387 e. The monoisotopic (exact) mass is 342 g/mol. The van der Waals surface area contributed by atoms with Crippen molar-refractivity contribution in [3.63, 3.8) is 0 Å². The van der Waals surface area contributed by atoms with Gasteiger partial charge in [0, 0.05) is 16.4 Å². The second-order valence-electron chi connectivity index (χ2n) is 7.45. The van der Waals surface area contributed by atoms with Crippen molar-refractivity contribution in [3.05, 3.63) is 22.8 Å². The van der Waals surface area contributed by atoms with Crippen LogP contribution in [0.1, 0.15) is 33.6 Å². The van der Waals surface area contributed by atoms with Gasteiger partial charge in [0.1, 0.15) is 5.60 Å². The van der Waals surface area contributed by atoms with Crippen LogP contribution in [0.15, 0.2) is 22.8 Å². The van der Waals surface area contributed by atoms with Gasteiger partial charge in [0.05, 0.1) is 19.0 Å². The predicted octanol–water partition coefficient (Wildman–Crippen LogP) is 0.700. The maximum absolute atomic E-state index is 12.7. The molecule has 1 fully saturated rings. The molecule has 7 heteroatoms. The largest absolute Gasteiger partial charge is 0.387 e. The molecule has 23 heavy (non-hydrogen) atoms. The standard InChI is InChI=1S/C16H22O6S/c1-9-11-10(12(17)15(3,19)16(9)5-6-16)7-14(2,13(11)18)8-22-23(4,20)21/h7,13,18-19H,5-6,8H2,1-4H3/t13-,14+,15+/m1/s1. The maximum atomic E-state index is 12.7. The Morgan fingerprint density at radius 3 is 2.39 bits per heavy atom. The zero-order valence-corrected chi connectivity index (χ0v) is 14.5. The molecule has 0 heterocycles. The number of rotatable bonds is 3. The SMILES string of the molecule is CC1=C2C(=C[C@@](C)(COS(C)(=O)=O)[C@@H]2O)C(=O)[C@](C)(O)C12CC2. The van der Waals surface area contributed by atoms with Gasteiger partial charge in [-0.1, -0.05) is 18.6 Å². The summed E-state index contributed by atoms with van der Waals surface area (Å²) in [6.45, 7) is 4.76. The van der Waals surface area contributed by atoms with Crippen molar-refractivity contribution in [1.29, 1.82) is 0 Å². The predicted molar refractivity (Wildman–Crippen MR) is 83.0 cm³/mol. The van der Waals surface area contributed by atoms with Crippen LogP contribution in [0.5, 0.6) is 0 Å². The third-order valence-electron chi connectivity index (χ3n) is 5.74. The molecule has 6 nitrogen and oxygen atoms in total. The summed E-state index contributed by atoms with van der Waals surface area (Å²) in [6, 6.07) is 0. The van der Waals surface area contributed by atoms with Crippen molar-refractivity contribution in [2.24, 2.45) is 10.8 Å². The van der Waals surface area contributed by atoms with E-state index in [1.54, 1.807) is 13.0 Å². The lowest BCUT2D eigenvalue weighted by Crippen LogP contribution is -2.50. The molecule has 1 spiro atoms. The normalized spacial score (nSPS) is 38.8. The van der Waals surface area contributed by atoms with E-state index in [4.69, 9.17) is 4.18 Å². The van der Waals surface area contributed by atoms with Crippen LogP contribution in [0.2, 0.25) is 0 Å². The number of aliphatic hydroxyl groups excluding tert-OH is 1. The fraction of sp³-hybridized carbons (Fsp3) is 0.688. The second-order valence-corrected chi connectivity index (χ2v) is 9.10. The van der Waals surface area contributed by atoms with E-state index in [0.29, 0.717) is 18.4 Å². The smallest absolute Gasteiger partial charge is 0.264 e. The first-order valence-electron chi connectivity index (χ1n) is 7.60. The van der Waals surface area contributed by atoms with Crippen molar-refractivity contribution in [1.82, 2.24) is 0 Å². The first kappa shape index (κ1) is 16.8. The molecule has 128 valence electrons. The van der Waals surface area contributed by atoms with Crippen LogP contribution < -0.4 is 0 Å². The first-order valence-corrected chi connectivity index (χ1v) is 9.41. The molecule has 3 aliphatic carbocycles. The number of hydrogen-bond acceptors (Lipinski definition) is 6. The molecule has 0 bridgehead atoms.